The molecule has 0 spiro atoms. The van der Waals surface area contributed by atoms with Crippen molar-refractivity contribution >= 4 is 22.6 Å². The molecule has 7 heteroatoms. The lowest BCUT2D eigenvalue weighted by molar-refractivity contribution is 0.0680. The summed E-state index contributed by atoms with van der Waals surface area (Å²) in [7, 11) is 1.69. The molecule has 0 radical (unpaired) electrons. The van der Waals surface area contributed by atoms with Gasteiger partial charge in [-0.1, -0.05) is 6.07 Å². The fourth-order valence-electron chi connectivity index (χ4n) is 3.59. The molecule has 1 aliphatic heterocycles. The highest BCUT2D eigenvalue weighted by Crippen LogP contribution is 2.26. The molecule has 2 atom stereocenters. The molecule has 4 rings (SSSR count). The quantitative estimate of drug-likeness (QED) is 0.759. The zero-order chi connectivity index (χ0) is 17.4. The zero-order valence-corrected chi connectivity index (χ0v) is 14.1. The highest BCUT2D eigenvalue weighted by molar-refractivity contribution is 6.06. The number of H-pyrrole nitrogens is 1. The van der Waals surface area contributed by atoms with Crippen LogP contribution in [0.2, 0.25) is 0 Å². The number of hydrogen-bond acceptors (Lipinski definition) is 4. The minimum Gasteiger partial charge on any atom is -0.382 e. The van der Waals surface area contributed by atoms with E-state index in [1.165, 1.54) is 0 Å². The van der Waals surface area contributed by atoms with Crippen molar-refractivity contribution in [3.63, 3.8) is 0 Å². The Morgan fingerprint density at radius 3 is 3.04 bits per heavy atom. The van der Waals surface area contributed by atoms with E-state index in [-0.39, 0.29) is 18.1 Å². The van der Waals surface area contributed by atoms with Crippen molar-refractivity contribution in [2.45, 2.75) is 25.1 Å². The Balaban J connectivity index is 1.63. The highest BCUT2D eigenvalue weighted by Gasteiger charge is 2.36. The molecule has 1 aliphatic rings. The predicted octanol–water partition coefficient (Wildman–Crippen LogP) is 1.88. The number of carbonyl (C=O) groups is 1. The summed E-state index contributed by atoms with van der Waals surface area (Å²) in [5, 5.41) is 5.18. The normalized spacial score (nSPS) is 20.4. The fourth-order valence-corrected chi connectivity index (χ4v) is 3.59. The molecule has 0 saturated carbocycles. The molecule has 25 heavy (non-hydrogen) atoms. The number of nitrogens with zero attached hydrogens (tertiary/aromatic N) is 3. The van der Waals surface area contributed by atoms with Gasteiger partial charge >= 0.3 is 0 Å². The van der Waals surface area contributed by atoms with Gasteiger partial charge in [-0.2, -0.15) is 5.10 Å². The summed E-state index contributed by atoms with van der Waals surface area (Å²) >= 11 is 0. The number of likely N-dealkylation sites (tertiary alicyclic amines) is 1. The van der Waals surface area contributed by atoms with Crippen molar-refractivity contribution in [2.24, 2.45) is 0 Å². The van der Waals surface area contributed by atoms with E-state index in [4.69, 9.17) is 10.5 Å². The van der Waals surface area contributed by atoms with Gasteiger partial charge in [0.05, 0.1) is 18.7 Å². The van der Waals surface area contributed by atoms with Gasteiger partial charge in [0.1, 0.15) is 5.82 Å². The molecule has 7 nitrogen and oxygen atoms in total. The number of aromatic nitrogens is 3. The Kier molecular flexibility index (Phi) is 3.93. The van der Waals surface area contributed by atoms with Crippen LogP contribution in [0.15, 0.2) is 42.7 Å². The van der Waals surface area contributed by atoms with Gasteiger partial charge in [0.2, 0.25) is 0 Å². The van der Waals surface area contributed by atoms with Crippen LogP contribution in [0, 0.1) is 0 Å². The number of methoxy groups -OCH3 is 1. The van der Waals surface area contributed by atoms with Crippen LogP contribution in [0.5, 0.6) is 0 Å². The number of ether oxygens (including phenoxy) is 1. The third kappa shape index (κ3) is 2.87. The van der Waals surface area contributed by atoms with E-state index >= 15 is 0 Å². The molecule has 130 valence electrons. The van der Waals surface area contributed by atoms with Gasteiger partial charge in [0.25, 0.3) is 5.91 Å². The van der Waals surface area contributed by atoms with Crippen LogP contribution >= 0.6 is 0 Å². The zero-order valence-electron chi connectivity index (χ0n) is 14.1. The molecule has 2 aromatic heterocycles. The standard InChI is InChI=1S/C18H21N5O2/c1-25-13-9-12(10-22-8-6-17(19)21-22)23(11-13)18(24)15-3-2-4-16-14(15)5-7-20-16/h2-8,12-13,20H,9-11H2,1H3,(H2,19,21)/t12-,13-/m0/s1. The predicted molar refractivity (Wildman–Crippen MR) is 95.2 cm³/mol. The summed E-state index contributed by atoms with van der Waals surface area (Å²) in [6.45, 7) is 1.18. The van der Waals surface area contributed by atoms with Crippen molar-refractivity contribution in [3.8, 4) is 0 Å². The first kappa shape index (κ1) is 15.7. The van der Waals surface area contributed by atoms with E-state index in [2.05, 4.69) is 10.1 Å². The average Bonchev–Trinajstić information content (AvgIpc) is 3.33. The smallest absolute Gasteiger partial charge is 0.254 e. The highest BCUT2D eigenvalue weighted by atomic mass is 16.5. The van der Waals surface area contributed by atoms with E-state index in [9.17, 15) is 4.79 Å². The molecule has 3 heterocycles. The van der Waals surface area contributed by atoms with Crippen molar-refractivity contribution in [1.29, 1.82) is 0 Å². The number of nitrogens with two attached hydrogens (primary N) is 1. The number of amides is 1. The van der Waals surface area contributed by atoms with E-state index in [0.717, 1.165) is 17.3 Å². The summed E-state index contributed by atoms with van der Waals surface area (Å²) in [4.78, 5) is 18.3. The van der Waals surface area contributed by atoms with Gasteiger partial charge in [0, 0.05) is 42.5 Å². The second kappa shape index (κ2) is 6.25. The summed E-state index contributed by atoms with van der Waals surface area (Å²) in [6.07, 6.45) is 4.51. The molecule has 3 N–H and O–H groups in total. The number of anilines is 1. The Bertz CT molecular complexity index is 900. The number of aromatic amines is 1. The summed E-state index contributed by atoms with van der Waals surface area (Å²) in [6, 6.07) is 9.47. The second-order valence-electron chi connectivity index (χ2n) is 6.41. The maximum Gasteiger partial charge on any atom is 0.254 e. The Morgan fingerprint density at radius 1 is 1.40 bits per heavy atom. The van der Waals surface area contributed by atoms with Gasteiger partial charge < -0.3 is 20.4 Å². The SMILES string of the molecule is CO[C@H]1C[C@@H](Cn2ccc(N)n2)N(C(=O)c2cccc3[nH]ccc23)C1. The van der Waals surface area contributed by atoms with Crippen LogP contribution in [0.3, 0.4) is 0 Å². The Labute approximate surface area is 145 Å². The molecule has 0 unspecified atom stereocenters. The number of fused-ring (bicyclic) bond motifs is 1. The van der Waals surface area contributed by atoms with Crippen LogP contribution < -0.4 is 5.73 Å². The van der Waals surface area contributed by atoms with Gasteiger partial charge in [-0.3, -0.25) is 9.48 Å². The number of nitrogen functional groups attached to an aromatic ring is 1. The van der Waals surface area contributed by atoms with E-state index in [1.807, 2.05) is 41.6 Å². The molecule has 1 aromatic carbocycles. The summed E-state index contributed by atoms with van der Waals surface area (Å²) in [5.41, 5.74) is 7.37. The minimum atomic E-state index is 0.0194. The van der Waals surface area contributed by atoms with Crippen molar-refractivity contribution in [2.75, 3.05) is 19.4 Å². The summed E-state index contributed by atoms with van der Waals surface area (Å²) < 4.78 is 7.31. The second-order valence-corrected chi connectivity index (χ2v) is 6.41. The minimum absolute atomic E-state index is 0.0194. The number of rotatable bonds is 4. The van der Waals surface area contributed by atoms with Gasteiger partial charge in [-0.25, -0.2) is 0 Å². The van der Waals surface area contributed by atoms with Crippen molar-refractivity contribution in [1.82, 2.24) is 19.7 Å². The number of nitrogens with one attached hydrogen (secondary N) is 1. The number of carbonyl (C=O) groups excluding carboxylic acids is 1. The fraction of sp³-hybridized carbons (Fsp3) is 0.333. The van der Waals surface area contributed by atoms with Crippen LogP contribution in [-0.4, -0.2) is 51.4 Å². The third-order valence-electron chi connectivity index (χ3n) is 4.85. The largest absolute Gasteiger partial charge is 0.382 e. The molecule has 0 bridgehead atoms. The first-order valence-electron chi connectivity index (χ1n) is 8.34. The van der Waals surface area contributed by atoms with Crippen LogP contribution in [-0.2, 0) is 11.3 Å². The Hall–Kier alpha value is -2.80. The van der Waals surface area contributed by atoms with E-state index < -0.39 is 0 Å². The van der Waals surface area contributed by atoms with Gasteiger partial charge in [0.15, 0.2) is 0 Å². The van der Waals surface area contributed by atoms with Crippen molar-refractivity contribution < 1.29 is 9.53 Å². The van der Waals surface area contributed by atoms with Crippen LogP contribution in [0.4, 0.5) is 5.82 Å². The molecular weight excluding hydrogens is 318 g/mol. The summed E-state index contributed by atoms with van der Waals surface area (Å²) in [5.74, 6) is 0.506. The van der Waals surface area contributed by atoms with Gasteiger partial charge in [-0.05, 0) is 30.7 Å². The number of hydrogen-bond donors (Lipinski definition) is 2. The first-order chi connectivity index (χ1) is 12.2. The third-order valence-corrected chi connectivity index (χ3v) is 4.85. The van der Waals surface area contributed by atoms with Crippen molar-refractivity contribution in [3.05, 3.63) is 48.3 Å². The lowest BCUT2D eigenvalue weighted by atomic mass is 10.1. The van der Waals surface area contributed by atoms with Crippen LogP contribution in [0.25, 0.3) is 10.9 Å². The maximum absolute atomic E-state index is 13.2. The molecule has 3 aromatic rings. The first-order valence-corrected chi connectivity index (χ1v) is 8.34. The monoisotopic (exact) mass is 339 g/mol. The van der Waals surface area contributed by atoms with E-state index in [0.29, 0.717) is 24.5 Å². The molecule has 0 aliphatic carbocycles. The maximum atomic E-state index is 13.2. The van der Waals surface area contributed by atoms with Crippen LogP contribution in [0.1, 0.15) is 16.8 Å². The molecule has 1 amide bonds. The average molecular weight is 339 g/mol. The molecular formula is C18H21N5O2. The van der Waals surface area contributed by atoms with Gasteiger partial charge in [-0.15, -0.1) is 0 Å². The number of benzene rings is 1. The Morgan fingerprint density at radius 2 is 2.28 bits per heavy atom. The van der Waals surface area contributed by atoms with E-state index in [1.54, 1.807) is 17.9 Å². The topological polar surface area (TPSA) is 89.2 Å². The molecule has 1 fully saturated rings. The lowest BCUT2D eigenvalue weighted by Crippen LogP contribution is -2.38. The lowest BCUT2D eigenvalue weighted by Gasteiger charge is -2.24. The molecule has 1 saturated heterocycles.